The lowest BCUT2D eigenvalue weighted by Crippen LogP contribution is -2.14. The number of rotatable bonds is 3. The van der Waals surface area contributed by atoms with Gasteiger partial charge in [-0.05, 0) is 42.8 Å². The molecule has 0 saturated heterocycles. The van der Waals surface area contributed by atoms with Crippen LogP contribution in [0, 0.1) is 6.92 Å². The Morgan fingerprint density at radius 3 is 2.77 bits per heavy atom. The minimum absolute atomic E-state index is 0.139. The molecule has 0 spiro atoms. The first-order valence-corrected chi connectivity index (χ1v) is 7.80. The predicted molar refractivity (Wildman–Crippen MR) is 93.1 cm³/mol. The Kier molecular flexibility index (Phi) is 3.81. The van der Waals surface area contributed by atoms with E-state index in [1.54, 1.807) is 6.07 Å². The van der Waals surface area contributed by atoms with Gasteiger partial charge in [0.2, 0.25) is 0 Å². The van der Waals surface area contributed by atoms with Crippen LogP contribution in [0.1, 0.15) is 15.9 Å². The number of fused-ring (bicyclic) bond motifs is 1. The number of hydrogen-bond donors (Lipinski definition) is 1. The maximum absolute atomic E-state index is 12.4. The van der Waals surface area contributed by atoms with Gasteiger partial charge in [0.05, 0.1) is 10.2 Å². The molecule has 2 aromatic carbocycles. The molecule has 0 aliphatic heterocycles. The molecule has 5 heteroatoms. The number of carbonyl (C=O) groups is 1. The maximum atomic E-state index is 12.4. The normalized spacial score (nSPS) is 10.7. The predicted octanol–water partition coefficient (Wildman–Crippen LogP) is 3.92. The van der Waals surface area contributed by atoms with Crippen molar-refractivity contribution in [2.75, 3.05) is 24.3 Å². The third-order valence-corrected chi connectivity index (χ3v) is 4.32. The Bertz CT molecular complexity index is 839. The zero-order chi connectivity index (χ0) is 15.7. The number of amides is 1. The Morgan fingerprint density at radius 2 is 2.00 bits per heavy atom. The number of aromatic nitrogens is 1. The molecule has 1 heterocycles. The fourth-order valence-electron chi connectivity index (χ4n) is 2.18. The first-order chi connectivity index (χ1) is 10.5. The quantitative estimate of drug-likeness (QED) is 0.797. The molecule has 3 aromatic rings. The second-order valence-electron chi connectivity index (χ2n) is 5.39. The van der Waals surface area contributed by atoms with Gasteiger partial charge in [-0.1, -0.05) is 23.5 Å². The van der Waals surface area contributed by atoms with E-state index in [4.69, 9.17) is 0 Å². The van der Waals surface area contributed by atoms with Crippen molar-refractivity contribution in [3.63, 3.8) is 0 Å². The molecule has 0 saturated carbocycles. The summed E-state index contributed by atoms with van der Waals surface area (Å²) in [5, 5.41) is 3.51. The van der Waals surface area contributed by atoms with E-state index in [1.165, 1.54) is 16.9 Å². The first-order valence-electron chi connectivity index (χ1n) is 6.99. The van der Waals surface area contributed by atoms with Crippen LogP contribution in [-0.2, 0) is 0 Å². The van der Waals surface area contributed by atoms with Crippen LogP contribution in [0.25, 0.3) is 10.2 Å². The number of nitrogens with zero attached hydrogens (tertiary/aromatic N) is 2. The van der Waals surface area contributed by atoms with E-state index in [2.05, 4.69) is 16.4 Å². The van der Waals surface area contributed by atoms with E-state index in [1.807, 2.05) is 56.3 Å². The molecule has 0 fully saturated rings. The zero-order valence-electron chi connectivity index (χ0n) is 12.8. The summed E-state index contributed by atoms with van der Waals surface area (Å²) in [5.41, 5.74) is 3.72. The Labute approximate surface area is 133 Å². The molecule has 112 valence electrons. The van der Waals surface area contributed by atoms with Crippen LogP contribution in [-0.4, -0.2) is 25.0 Å². The van der Waals surface area contributed by atoms with Crippen LogP contribution >= 0.6 is 11.3 Å². The summed E-state index contributed by atoms with van der Waals surface area (Å²) in [7, 11) is 3.90. The second kappa shape index (κ2) is 5.77. The molecule has 1 N–H and O–H groups in total. The van der Waals surface area contributed by atoms with Gasteiger partial charge in [-0.3, -0.25) is 10.1 Å². The van der Waals surface area contributed by atoms with E-state index in [0.29, 0.717) is 10.7 Å². The van der Waals surface area contributed by atoms with Crippen molar-refractivity contribution in [1.29, 1.82) is 0 Å². The lowest BCUT2D eigenvalue weighted by molar-refractivity contribution is 0.102. The summed E-state index contributed by atoms with van der Waals surface area (Å²) in [4.78, 5) is 18.8. The molecule has 4 nitrogen and oxygen atoms in total. The van der Waals surface area contributed by atoms with E-state index in [9.17, 15) is 4.79 Å². The molecule has 0 radical (unpaired) electrons. The standard InChI is InChI=1S/C17H17N3OS/c1-11-7-8-14-15(9-11)22-17(18-14)19-16(21)12-5-4-6-13(10-12)20(2)3/h4-10H,1-3H3,(H,18,19,21). The Morgan fingerprint density at radius 1 is 1.18 bits per heavy atom. The summed E-state index contributed by atoms with van der Waals surface area (Å²) in [6.07, 6.45) is 0. The third kappa shape index (κ3) is 2.94. The van der Waals surface area contributed by atoms with E-state index in [-0.39, 0.29) is 5.91 Å². The van der Waals surface area contributed by atoms with Crippen LogP contribution in [0.4, 0.5) is 10.8 Å². The molecule has 22 heavy (non-hydrogen) atoms. The number of benzene rings is 2. The largest absolute Gasteiger partial charge is 0.378 e. The molecular weight excluding hydrogens is 294 g/mol. The van der Waals surface area contributed by atoms with Crippen molar-refractivity contribution >= 4 is 38.3 Å². The van der Waals surface area contributed by atoms with Crippen LogP contribution in [0.5, 0.6) is 0 Å². The minimum Gasteiger partial charge on any atom is -0.378 e. The molecule has 0 unspecified atom stereocenters. The van der Waals surface area contributed by atoms with Crippen LogP contribution in [0.15, 0.2) is 42.5 Å². The molecule has 0 bridgehead atoms. The summed E-state index contributed by atoms with van der Waals surface area (Å²) < 4.78 is 1.08. The number of thiazole rings is 1. The SMILES string of the molecule is Cc1ccc2nc(NC(=O)c3cccc(N(C)C)c3)sc2c1. The molecule has 0 atom stereocenters. The number of aryl methyl sites for hydroxylation is 1. The zero-order valence-corrected chi connectivity index (χ0v) is 13.6. The Hall–Kier alpha value is -2.40. The van der Waals surface area contributed by atoms with Crippen molar-refractivity contribution in [2.45, 2.75) is 6.92 Å². The highest BCUT2D eigenvalue weighted by atomic mass is 32.1. The molecule has 1 aromatic heterocycles. The fraction of sp³-hybridized carbons (Fsp3) is 0.176. The average Bonchev–Trinajstić information content (AvgIpc) is 2.88. The van der Waals surface area contributed by atoms with Gasteiger partial charge < -0.3 is 4.90 Å². The van der Waals surface area contributed by atoms with E-state index < -0.39 is 0 Å². The molecule has 0 aliphatic rings. The van der Waals surface area contributed by atoms with E-state index >= 15 is 0 Å². The van der Waals surface area contributed by atoms with Gasteiger partial charge in [0, 0.05) is 25.3 Å². The number of carbonyl (C=O) groups excluding carboxylic acids is 1. The molecule has 3 rings (SSSR count). The lowest BCUT2D eigenvalue weighted by Gasteiger charge is -2.13. The minimum atomic E-state index is -0.139. The topological polar surface area (TPSA) is 45.2 Å². The maximum Gasteiger partial charge on any atom is 0.257 e. The van der Waals surface area contributed by atoms with Crippen molar-refractivity contribution < 1.29 is 4.79 Å². The number of anilines is 2. The van der Waals surface area contributed by atoms with E-state index in [0.717, 1.165) is 15.9 Å². The highest BCUT2D eigenvalue weighted by Crippen LogP contribution is 2.27. The molecule has 1 amide bonds. The van der Waals surface area contributed by atoms with Gasteiger partial charge in [0.25, 0.3) is 5.91 Å². The van der Waals surface area contributed by atoms with Crippen molar-refractivity contribution in [3.05, 3.63) is 53.6 Å². The van der Waals surface area contributed by atoms with Crippen molar-refractivity contribution in [3.8, 4) is 0 Å². The summed E-state index contributed by atoms with van der Waals surface area (Å²) in [5.74, 6) is -0.139. The highest BCUT2D eigenvalue weighted by molar-refractivity contribution is 7.22. The van der Waals surface area contributed by atoms with Gasteiger partial charge in [0.15, 0.2) is 5.13 Å². The van der Waals surface area contributed by atoms with Gasteiger partial charge in [0.1, 0.15) is 0 Å². The van der Waals surface area contributed by atoms with Crippen LogP contribution in [0.3, 0.4) is 0 Å². The van der Waals surface area contributed by atoms with Crippen molar-refractivity contribution in [1.82, 2.24) is 4.98 Å². The monoisotopic (exact) mass is 311 g/mol. The third-order valence-electron chi connectivity index (χ3n) is 3.39. The van der Waals surface area contributed by atoms with Gasteiger partial charge in [-0.15, -0.1) is 0 Å². The highest BCUT2D eigenvalue weighted by Gasteiger charge is 2.11. The Balaban J connectivity index is 1.84. The van der Waals surface area contributed by atoms with Gasteiger partial charge in [-0.25, -0.2) is 4.98 Å². The average molecular weight is 311 g/mol. The number of hydrogen-bond acceptors (Lipinski definition) is 4. The summed E-state index contributed by atoms with van der Waals surface area (Å²) in [6.45, 7) is 2.05. The molecule has 0 aliphatic carbocycles. The molecular formula is C17H17N3OS. The van der Waals surface area contributed by atoms with Crippen LogP contribution in [0.2, 0.25) is 0 Å². The summed E-state index contributed by atoms with van der Waals surface area (Å²) in [6, 6.07) is 13.6. The van der Waals surface area contributed by atoms with Crippen molar-refractivity contribution in [2.24, 2.45) is 0 Å². The van der Waals surface area contributed by atoms with Gasteiger partial charge in [-0.2, -0.15) is 0 Å². The fourth-order valence-corrected chi connectivity index (χ4v) is 3.14. The lowest BCUT2D eigenvalue weighted by atomic mass is 10.2. The smallest absolute Gasteiger partial charge is 0.257 e. The first kappa shape index (κ1) is 14.5. The number of nitrogens with one attached hydrogen (secondary N) is 1. The summed E-state index contributed by atoms with van der Waals surface area (Å²) >= 11 is 1.49. The van der Waals surface area contributed by atoms with Gasteiger partial charge >= 0.3 is 0 Å². The second-order valence-corrected chi connectivity index (χ2v) is 6.42. The van der Waals surface area contributed by atoms with Crippen LogP contribution < -0.4 is 10.2 Å².